The van der Waals surface area contributed by atoms with Gasteiger partial charge in [-0.05, 0) is 44.7 Å². The zero-order valence-corrected chi connectivity index (χ0v) is 16.9. The van der Waals surface area contributed by atoms with Crippen LogP contribution in [0, 0.1) is 19.8 Å². The molecule has 0 saturated carbocycles. The Morgan fingerprint density at radius 3 is 2.62 bits per heavy atom. The van der Waals surface area contributed by atoms with E-state index in [1.807, 2.05) is 31.1 Å². The Morgan fingerprint density at radius 1 is 1.23 bits per heavy atom. The van der Waals surface area contributed by atoms with Crippen molar-refractivity contribution in [3.05, 3.63) is 53.1 Å². The molecule has 26 heavy (non-hydrogen) atoms. The van der Waals surface area contributed by atoms with Crippen LogP contribution in [0.4, 0.5) is 4.79 Å². The van der Waals surface area contributed by atoms with Gasteiger partial charge in [-0.25, -0.2) is 9.78 Å². The van der Waals surface area contributed by atoms with Crippen LogP contribution in [0.3, 0.4) is 0 Å². The van der Waals surface area contributed by atoms with Crippen LogP contribution >= 0.6 is 0 Å². The Balaban J connectivity index is 2.19. The number of hydrogen-bond donors (Lipinski definition) is 1. The fourth-order valence-electron chi connectivity index (χ4n) is 2.96. The molecule has 0 bridgehead atoms. The molecule has 2 aromatic rings. The lowest BCUT2D eigenvalue weighted by Gasteiger charge is -2.26. The Hall–Kier alpha value is -2.30. The van der Waals surface area contributed by atoms with Crippen molar-refractivity contribution in [3.63, 3.8) is 0 Å². The highest BCUT2D eigenvalue weighted by Crippen LogP contribution is 2.15. The van der Waals surface area contributed by atoms with Crippen molar-refractivity contribution in [2.45, 2.75) is 60.7 Å². The third-order valence-corrected chi connectivity index (χ3v) is 4.26. The van der Waals surface area contributed by atoms with Crippen molar-refractivity contribution in [2.75, 3.05) is 6.54 Å². The third-order valence-electron chi connectivity index (χ3n) is 4.26. The number of urea groups is 1. The van der Waals surface area contributed by atoms with Crippen molar-refractivity contribution in [2.24, 2.45) is 5.92 Å². The highest BCUT2D eigenvalue weighted by Gasteiger charge is 2.18. The van der Waals surface area contributed by atoms with Gasteiger partial charge in [-0.15, -0.1) is 0 Å². The Labute approximate surface area is 157 Å². The summed E-state index contributed by atoms with van der Waals surface area (Å²) in [6.45, 7) is 14.4. The van der Waals surface area contributed by atoms with E-state index in [2.05, 4.69) is 60.8 Å². The zero-order valence-electron chi connectivity index (χ0n) is 16.9. The van der Waals surface area contributed by atoms with Gasteiger partial charge in [0.15, 0.2) is 0 Å². The fraction of sp³-hybridized carbons (Fsp3) is 0.524. The number of imidazole rings is 1. The molecule has 2 amide bonds. The molecular weight excluding hydrogens is 324 g/mol. The van der Waals surface area contributed by atoms with Gasteiger partial charge in [0.05, 0.1) is 6.54 Å². The second-order valence-corrected chi connectivity index (χ2v) is 7.78. The first kappa shape index (κ1) is 20.0. The summed E-state index contributed by atoms with van der Waals surface area (Å²) in [5.74, 6) is 1.31. The SMILES string of the molecule is Cc1ccc(C)c(Cn2ccnc2CN(CC(C)C)C(=O)NC(C)C)c1. The molecule has 0 spiro atoms. The first-order chi connectivity index (χ1) is 12.3. The fourth-order valence-corrected chi connectivity index (χ4v) is 2.96. The first-order valence-corrected chi connectivity index (χ1v) is 9.37. The summed E-state index contributed by atoms with van der Waals surface area (Å²) >= 11 is 0. The van der Waals surface area contributed by atoms with E-state index in [0.717, 1.165) is 12.4 Å². The summed E-state index contributed by atoms with van der Waals surface area (Å²) in [5.41, 5.74) is 3.81. The number of aromatic nitrogens is 2. The van der Waals surface area contributed by atoms with Crippen molar-refractivity contribution in [1.82, 2.24) is 19.8 Å². The van der Waals surface area contributed by atoms with Crippen LogP contribution < -0.4 is 5.32 Å². The number of amides is 2. The molecule has 0 atom stereocenters. The van der Waals surface area contributed by atoms with Crippen molar-refractivity contribution < 1.29 is 4.79 Å². The monoisotopic (exact) mass is 356 g/mol. The van der Waals surface area contributed by atoms with Crippen LogP contribution in [0.25, 0.3) is 0 Å². The molecule has 0 unspecified atom stereocenters. The number of benzene rings is 1. The number of carbonyl (C=O) groups is 1. The predicted octanol–water partition coefficient (Wildman–Crippen LogP) is 4.12. The molecule has 0 radical (unpaired) electrons. The van der Waals surface area contributed by atoms with Gasteiger partial charge in [0.1, 0.15) is 5.82 Å². The summed E-state index contributed by atoms with van der Waals surface area (Å²) in [4.78, 5) is 18.9. The highest BCUT2D eigenvalue weighted by atomic mass is 16.2. The molecule has 1 N–H and O–H groups in total. The number of carbonyl (C=O) groups excluding carboxylic acids is 1. The second-order valence-electron chi connectivity index (χ2n) is 7.78. The van der Waals surface area contributed by atoms with Gasteiger partial charge in [0.2, 0.25) is 0 Å². The summed E-state index contributed by atoms with van der Waals surface area (Å²) in [7, 11) is 0. The molecular formula is C21H32N4O. The number of nitrogens with one attached hydrogen (secondary N) is 1. The van der Waals surface area contributed by atoms with Crippen molar-refractivity contribution >= 4 is 6.03 Å². The van der Waals surface area contributed by atoms with Crippen molar-refractivity contribution in [1.29, 1.82) is 0 Å². The third kappa shape index (κ3) is 5.61. The largest absolute Gasteiger partial charge is 0.336 e. The molecule has 5 heteroatoms. The molecule has 1 heterocycles. The van der Waals surface area contributed by atoms with Crippen LogP contribution in [-0.4, -0.2) is 33.1 Å². The normalized spacial score (nSPS) is 11.2. The van der Waals surface area contributed by atoms with Crippen LogP contribution in [0.5, 0.6) is 0 Å². The molecule has 142 valence electrons. The minimum atomic E-state index is -0.0324. The minimum absolute atomic E-state index is 0.0324. The zero-order chi connectivity index (χ0) is 19.3. The predicted molar refractivity (Wildman–Crippen MR) is 106 cm³/mol. The van der Waals surface area contributed by atoms with E-state index >= 15 is 0 Å². The van der Waals surface area contributed by atoms with Crippen LogP contribution in [-0.2, 0) is 13.1 Å². The average molecular weight is 357 g/mol. The van der Waals surface area contributed by atoms with Crippen LogP contribution in [0.1, 0.15) is 50.2 Å². The highest BCUT2D eigenvalue weighted by molar-refractivity contribution is 5.74. The Morgan fingerprint density at radius 2 is 1.96 bits per heavy atom. The molecule has 5 nitrogen and oxygen atoms in total. The van der Waals surface area contributed by atoms with E-state index in [0.29, 0.717) is 19.0 Å². The number of aryl methyl sites for hydroxylation is 2. The Kier molecular flexibility index (Phi) is 6.83. The lowest BCUT2D eigenvalue weighted by molar-refractivity contribution is 0.183. The molecule has 1 aromatic heterocycles. The van der Waals surface area contributed by atoms with E-state index in [1.54, 1.807) is 0 Å². The molecule has 0 saturated heterocycles. The van der Waals surface area contributed by atoms with E-state index in [-0.39, 0.29) is 12.1 Å². The first-order valence-electron chi connectivity index (χ1n) is 9.37. The number of nitrogens with zero attached hydrogens (tertiary/aromatic N) is 3. The van der Waals surface area contributed by atoms with E-state index in [9.17, 15) is 4.79 Å². The smallest absolute Gasteiger partial charge is 0.318 e. The molecule has 1 aromatic carbocycles. The van der Waals surface area contributed by atoms with Gasteiger partial charge in [-0.3, -0.25) is 0 Å². The Bertz CT molecular complexity index is 733. The van der Waals surface area contributed by atoms with Crippen LogP contribution in [0.2, 0.25) is 0 Å². The summed E-state index contributed by atoms with van der Waals surface area (Å²) in [6, 6.07) is 6.59. The minimum Gasteiger partial charge on any atom is -0.336 e. The number of rotatable bonds is 7. The standard InChI is InChI=1S/C21H32N4O/c1-15(2)12-25(21(26)23-16(3)4)14-20-22-9-10-24(20)13-19-11-17(5)7-8-18(19)6/h7-11,15-16H,12-14H2,1-6H3,(H,23,26). The second kappa shape index (κ2) is 8.88. The van der Waals surface area contributed by atoms with E-state index in [4.69, 9.17) is 0 Å². The van der Waals surface area contributed by atoms with Gasteiger partial charge in [-0.1, -0.05) is 37.6 Å². The summed E-state index contributed by atoms with van der Waals surface area (Å²) in [6.07, 6.45) is 3.80. The van der Waals surface area contributed by atoms with E-state index in [1.165, 1.54) is 16.7 Å². The van der Waals surface area contributed by atoms with Gasteiger partial charge >= 0.3 is 6.03 Å². The van der Waals surface area contributed by atoms with E-state index < -0.39 is 0 Å². The number of hydrogen-bond acceptors (Lipinski definition) is 2. The van der Waals surface area contributed by atoms with Gasteiger partial charge < -0.3 is 14.8 Å². The van der Waals surface area contributed by atoms with Crippen molar-refractivity contribution in [3.8, 4) is 0 Å². The lowest BCUT2D eigenvalue weighted by Crippen LogP contribution is -2.44. The molecule has 0 aliphatic heterocycles. The van der Waals surface area contributed by atoms with Gasteiger partial charge in [-0.2, -0.15) is 0 Å². The summed E-state index contributed by atoms with van der Waals surface area (Å²) < 4.78 is 2.14. The van der Waals surface area contributed by atoms with Crippen LogP contribution in [0.15, 0.2) is 30.6 Å². The maximum absolute atomic E-state index is 12.6. The molecule has 0 fully saturated rings. The maximum Gasteiger partial charge on any atom is 0.318 e. The summed E-state index contributed by atoms with van der Waals surface area (Å²) in [5, 5.41) is 3.00. The molecule has 0 aliphatic rings. The quantitative estimate of drug-likeness (QED) is 0.811. The average Bonchev–Trinajstić information content (AvgIpc) is 2.96. The van der Waals surface area contributed by atoms with Gasteiger partial charge in [0, 0.05) is 31.5 Å². The van der Waals surface area contributed by atoms with Gasteiger partial charge in [0.25, 0.3) is 0 Å². The lowest BCUT2D eigenvalue weighted by atomic mass is 10.1. The maximum atomic E-state index is 12.6. The molecule has 0 aliphatic carbocycles. The molecule has 2 rings (SSSR count). The topological polar surface area (TPSA) is 50.2 Å².